The lowest BCUT2D eigenvalue weighted by Crippen LogP contribution is -2.20. The van der Waals surface area contributed by atoms with Gasteiger partial charge in [0.2, 0.25) is 0 Å². The van der Waals surface area contributed by atoms with Gasteiger partial charge in [-0.05, 0) is 37.9 Å². The average Bonchev–Trinajstić information content (AvgIpc) is 2.46. The maximum atomic E-state index is 5.31. The van der Waals surface area contributed by atoms with E-state index < -0.39 is 0 Å². The molecule has 1 saturated carbocycles. The number of hydrogen-bond acceptors (Lipinski definition) is 1. The number of hydrogen-bond donors (Lipinski definition) is 1. The highest BCUT2D eigenvalue weighted by atomic mass is 32.1. The van der Waals surface area contributed by atoms with Crippen LogP contribution in [0.4, 0.5) is 0 Å². The lowest BCUT2D eigenvalue weighted by atomic mass is 9.86. The number of H-pyrrole nitrogens is 1. The van der Waals surface area contributed by atoms with Gasteiger partial charge in [-0.3, -0.25) is 0 Å². The fraction of sp³-hybridized carbons (Fsp3) is 0.727. The van der Waals surface area contributed by atoms with Crippen LogP contribution in [0.5, 0.6) is 0 Å². The first-order valence-electron chi connectivity index (χ1n) is 5.46. The second-order valence-corrected chi connectivity index (χ2v) is 4.87. The van der Waals surface area contributed by atoms with Crippen molar-refractivity contribution in [3.8, 4) is 0 Å². The van der Waals surface area contributed by atoms with Crippen molar-refractivity contribution in [2.45, 2.75) is 45.6 Å². The summed E-state index contributed by atoms with van der Waals surface area (Å²) in [5.41, 5.74) is 1.17. The third-order valence-corrected chi connectivity index (χ3v) is 3.61. The van der Waals surface area contributed by atoms with E-state index in [2.05, 4.69) is 29.6 Å². The SMILES string of the molecule is Cc1cn(C2CCCCC2C)c(=S)[nH]1. The van der Waals surface area contributed by atoms with Crippen molar-refractivity contribution in [2.75, 3.05) is 0 Å². The van der Waals surface area contributed by atoms with Gasteiger partial charge in [-0.25, -0.2) is 0 Å². The molecule has 1 aliphatic carbocycles. The van der Waals surface area contributed by atoms with Crippen LogP contribution in [-0.2, 0) is 0 Å². The highest BCUT2D eigenvalue weighted by Gasteiger charge is 2.23. The summed E-state index contributed by atoms with van der Waals surface area (Å²) in [6.07, 6.45) is 7.52. The number of rotatable bonds is 1. The third-order valence-electron chi connectivity index (χ3n) is 3.29. The second-order valence-electron chi connectivity index (χ2n) is 4.48. The molecular formula is C11H18N2S. The normalized spacial score (nSPS) is 27.9. The molecule has 3 heteroatoms. The summed E-state index contributed by atoms with van der Waals surface area (Å²) in [4.78, 5) is 3.20. The zero-order chi connectivity index (χ0) is 10.1. The number of imidazole rings is 1. The van der Waals surface area contributed by atoms with Crippen LogP contribution in [0.2, 0.25) is 0 Å². The molecule has 1 aliphatic rings. The lowest BCUT2D eigenvalue weighted by molar-refractivity contribution is 0.255. The highest BCUT2D eigenvalue weighted by Crippen LogP contribution is 2.33. The summed E-state index contributed by atoms with van der Waals surface area (Å²) >= 11 is 5.31. The first-order valence-corrected chi connectivity index (χ1v) is 5.87. The Kier molecular flexibility index (Phi) is 2.77. The van der Waals surface area contributed by atoms with Crippen molar-refractivity contribution >= 4 is 12.2 Å². The first-order chi connectivity index (χ1) is 6.68. The van der Waals surface area contributed by atoms with Crippen molar-refractivity contribution in [1.82, 2.24) is 9.55 Å². The zero-order valence-corrected chi connectivity index (χ0v) is 9.73. The molecule has 14 heavy (non-hydrogen) atoms. The molecule has 1 aromatic heterocycles. The van der Waals surface area contributed by atoms with Crippen molar-refractivity contribution in [3.05, 3.63) is 16.7 Å². The van der Waals surface area contributed by atoms with E-state index >= 15 is 0 Å². The molecule has 1 fully saturated rings. The van der Waals surface area contributed by atoms with Crippen molar-refractivity contribution in [3.63, 3.8) is 0 Å². The van der Waals surface area contributed by atoms with E-state index in [4.69, 9.17) is 12.2 Å². The van der Waals surface area contributed by atoms with E-state index in [0.717, 1.165) is 10.7 Å². The van der Waals surface area contributed by atoms with Crippen LogP contribution < -0.4 is 0 Å². The van der Waals surface area contributed by atoms with E-state index in [0.29, 0.717) is 6.04 Å². The smallest absolute Gasteiger partial charge is 0.177 e. The molecule has 2 atom stereocenters. The van der Waals surface area contributed by atoms with E-state index in [1.54, 1.807) is 0 Å². The molecule has 1 aromatic rings. The van der Waals surface area contributed by atoms with E-state index in [9.17, 15) is 0 Å². The molecule has 0 aromatic carbocycles. The molecule has 2 rings (SSSR count). The number of aromatic amines is 1. The lowest BCUT2D eigenvalue weighted by Gasteiger charge is -2.29. The predicted molar refractivity (Wildman–Crippen MR) is 61.0 cm³/mol. The number of aryl methyl sites for hydroxylation is 1. The summed E-state index contributed by atoms with van der Waals surface area (Å²) in [7, 11) is 0. The molecule has 1 N–H and O–H groups in total. The minimum Gasteiger partial charge on any atom is -0.335 e. The quantitative estimate of drug-likeness (QED) is 0.702. The monoisotopic (exact) mass is 210 g/mol. The topological polar surface area (TPSA) is 20.7 Å². The summed E-state index contributed by atoms with van der Waals surface area (Å²) in [5, 5.41) is 0. The van der Waals surface area contributed by atoms with Gasteiger partial charge in [0.15, 0.2) is 4.77 Å². The van der Waals surface area contributed by atoms with Gasteiger partial charge in [-0.15, -0.1) is 0 Å². The average molecular weight is 210 g/mol. The van der Waals surface area contributed by atoms with Gasteiger partial charge in [0.1, 0.15) is 0 Å². The van der Waals surface area contributed by atoms with Crippen LogP contribution in [0.1, 0.15) is 44.3 Å². The van der Waals surface area contributed by atoms with E-state index in [1.807, 2.05) is 0 Å². The Morgan fingerprint density at radius 3 is 2.71 bits per heavy atom. The Hall–Kier alpha value is -0.570. The van der Waals surface area contributed by atoms with Crippen LogP contribution >= 0.6 is 12.2 Å². The number of aromatic nitrogens is 2. The Labute approximate surface area is 90.3 Å². The third kappa shape index (κ3) is 1.78. The molecule has 78 valence electrons. The van der Waals surface area contributed by atoms with Crippen molar-refractivity contribution < 1.29 is 0 Å². The standard InChI is InChI=1S/C11H18N2S/c1-8-5-3-4-6-10(8)13-7-9(2)12-11(13)14/h7-8,10H,3-6H2,1-2H3,(H,12,14). The summed E-state index contributed by atoms with van der Waals surface area (Å²) in [6, 6.07) is 0.626. The maximum absolute atomic E-state index is 5.31. The van der Waals surface area contributed by atoms with Crippen LogP contribution in [0.25, 0.3) is 0 Å². The van der Waals surface area contributed by atoms with Crippen molar-refractivity contribution in [1.29, 1.82) is 0 Å². The number of nitrogens with one attached hydrogen (secondary N) is 1. The molecule has 0 bridgehead atoms. The fourth-order valence-corrected chi connectivity index (χ4v) is 2.84. The molecule has 0 saturated heterocycles. The maximum Gasteiger partial charge on any atom is 0.177 e. The molecule has 0 radical (unpaired) electrons. The van der Waals surface area contributed by atoms with Gasteiger partial charge in [0.25, 0.3) is 0 Å². The predicted octanol–water partition coefficient (Wildman–Crippen LogP) is 3.61. The van der Waals surface area contributed by atoms with Crippen LogP contribution in [0.15, 0.2) is 6.20 Å². The van der Waals surface area contributed by atoms with Crippen LogP contribution in [-0.4, -0.2) is 9.55 Å². The molecule has 0 aliphatic heterocycles. The molecular weight excluding hydrogens is 192 g/mol. The highest BCUT2D eigenvalue weighted by molar-refractivity contribution is 7.71. The van der Waals surface area contributed by atoms with Gasteiger partial charge in [-0.2, -0.15) is 0 Å². The van der Waals surface area contributed by atoms with E-state index in [1.165, 1.54) is 31.4 Å². The summed E-state index contributed by atoms with van der Waals surface area (Å²) in [6.45, 7) is 4.41. The Morgan fingerprint density at radius 2 is 2.14 bits per heavy atom. The molecule has 0 spiro atoms. The Balaban J connectivity index is 2.29. The van der Waals surface area contributed by atoms with E-state index in [-0.39, 0.29) is 0 Å². The Bertz CT molecular complexity index is 364. The minimum absolute atomic E-state index is 0.626. The number of nitrogens with zero attached hydrogens (tertiary/aromatic N) is 1. The van der Waals surface area contributed by atoms with Gasteiger partial charge in [0.05, 0.1) is 0 Å². The molecule has 1 heterocycles. The summed E-state index contributed by atoms with van der Waals surface area (Å²) < 4.78 is 3.15. The molecule has 2 unspecified atom stereocenters. The van der Waals surface area contributed by atoms with Gasteiger partial charge >= 0.3 is 0 Å². The Morgan fingerprint density at radius 1 is 1.43 bits per heavy atom. The zero-order valence-electron chi connectivity index (χ0n) is 8.92. The molecule has 2 nitrogen and oxygen atoms in total. The van der Waals surface area contributed by atoms with Gasteiger partial charge in [-0.1, -0.05) is 19.8 Å². The first kappa shape index (κ1) is 9.97. The van der Waals surface area contributed by atoms with Crippen LogP contribution in [0.3, 0.4) is 0 Å². The largest absolute Gasteiger partial charge is 0.335 e. The fourth-order valence-electron chi connectivity index (χ4n) is 2.49. The minimum atomic E-state index is 0.626. The van der Waals surface area contributed by atoms with Gasteiger partial charge in [0, 0.05) is 17.9 Å². The van der Waals surface area contributed by atoms with Crippen molar-refractivity contribution in [2.24, 2.45) is 5.92 Å². The van der Waals surface area contributed by atoms with Gasteiger partial charge < -0.3 is 9.55 Å². The van der Waals surface area contributed by atoms with Crippen LogP contribution in [0, 0.1) is 17.6 Å². The summed E-state index contributed by atoms with van der Waals surface area (Å²) in [5.74, 6) is 0.769. The second kappa shape index (κ2) is 3.89. The molecule has 0 amide bonds.